The summed E-state index contributed by atoms with van der Waals surface area (Å²) >= 11 is 0. The van der Waals surface area contributed by atoms with Crippen LogP contribution in [0.4, 0.5) is 23.7 Å². The van der Waals surface area contributed by atoms with Crippen LogP contribution in [0.15, 0.2) is 67.1 Å². The number of hydrogen-bond acceptors (Lipinski definition) is 4. The van der Waals surface area contributed by atoms with E-state index >= 15 is 0 Å². The molecule has 1 aromatic carbocycles. The molecule has 0 unspecified atom stereocenters. The number of ether oxygens (including phenoxy) is 1. The van der Waals surface area contributed by atoms with Gasteiger partial charge in [0.2, 0.25) is 5.88 Å². The average Bonchev–Trinajstić information content (AvgIpc) is 2.83. The van der Waals surface area contributed by atoms with Crippen molar-refractivity contribution in [2.45, 2.75) is 37.8 Å². The molecule has 2 amide bonds. The van der Waals surface area contributed by atoms with Crippen LogP contribution in [0, 0.1) is 5.41 Å². The number of piperidine rings is 1. The summed E-state index contributed by atoms with van der Waals surface area (Å²) in [7, 11) is 0. The second-order valence-corrected chi connectivity index (χ2v) is 9.32. The predicted octanol–water partition coefficient (Wildman–Crippen LogP) is 6.48. The number of aromatic nitrogens is 2. The lowest BCUT2D eigenvalue weighted by Crippen LogP contribution is -2.49. The highest BCUT2D eigenvalue weighted by molar-refractivity contribution is 5.89. The number of rotatable bonds is 4. The molecule has 3 aromatic rings. The van der Waals surface area contributed by atoms with Crippen LogP contribution in [0.1, 0.15) is 42.7 Å². The maximum atomic E-state index is 12.7. The van der Waals surface area contributed by atoms with Crippen LogP contribution in [0.2, 0.25) is 0 Å². The molecule has 0 atom stereocenters. The van der Waals surface area contributed by atoms with Crippen molar-refractivity contribution >= 4 is 11.7 Å². The molecule has 1 N–H and O–H groups in total. The van der Waals surface area contributed by atoms with Gasteiger partial charge < -0.3 is 15.0 Å². The molecule has 9 heteroatoms. The summed E-state index contributed by atoms with van der Waals surface area (Å²) in [5, 5.41) is 2.90. The van der Waals surface area contributed by atoms with E-state index in [0.29, 0.717) is 17.4 Å². The molecule has 1 aliphatic heterocycles. The predicted molar refractivity (Wildman–Crippen MR) is 124 cm³/mol. The number of amides is 2. The molecule has 2 fully saturated rings. The Labute approximate surface area is 201 Å². The molecule has 5 rings (SSSR count). The fourth-order valence-electron chi connectivity index (χ4n) is 5.01. The summed E-state index contributed by atoms with van der Waals surface area (Å²) in [4.78, 5) is 22.2. The first-order valence-electron chi connectivity index (χ1n) is 11.6. The lowest BCUT2D eigenvalue weighted by molar-refractivity contribution is -0.137. The molecule has 3 heterocycles. The van der Waals surface area contributed by atoms with Gasteiger partial charge in [0.1, 0.15) is 5.75 Å². The number of pyridine rings is 2. The Kier molecular flexibility index (Phi) is 6.08. The summed E-state index contributed by atoms with van der Waals surface area (Å²) in [6.07, 6.45) is 3.68. The summed E-state index contributed by atoms with van der Waals surface area (Å²) in [5.74, 6) is 1.07. The zero-order valence-electron chi connectivity index (χ0n) is 19.0. The van der Waals surface area contributed by atoms with Gasteiger partial charge in [0.15, 0.2) is 0 Å². The number of nitrogens with zero attached hydrogens (tertiary/aromatic N) is 3. The van der Waals surface area contributed by atoms with Crippen LogP contribution in [-0.2, 0) is 6.18 Å². The van der Waals surface area contributed by atoms with E-state index in [1.54, 1.807) is 24.5 Å². The molecule has 1 aliphatic carbocycles. The number of anilines is 1. The third-order valence-electron chi connectivity index (χ3n) is 7.00. The highest BCUT2D eigenvalue weighted by atomic mass is 19.4. The molecule has 0 radical (unpaired) electrons. The zero-order valence-corrected chi connectivity index (χ0v) is 19.0. The van der Waals surface area contributed by atoms with Crippen molar-refractivity contribution in [3.8, 4) is 11.6 Å². The van der Waals surface area contributed by atoms with E-state index in [0.717, 1.165) is 56.6 Å². The van der Waals surface area contributed by atoms with Crippen LogP contribution in [0.25, 0.3) is 0 Å². The Morgan fingerprint density at radius 3 is 2.51 bits per heavy atom. The Morgan fingerprint density at radius 1 is 1.06 bits per heavy atom. The number of likely N-dealkylation sites (tertiary alicyclic amines) is 1. The summed E-state index contributed by atoms with van der Waals surface area (Å²) in [6, 6.07) is 13.4. The van der Waals surface area contributed by atoms with E-state index in [4.69, 9.17) is 4.74 Å². The first kappa shape index (κ1) is 23.1. The van der Waals surface area contributed by atoms with Crippen LogP contribution >= 0.6 is 0 Å². The van der Waals surface area contributed by atoms with E-state index in [-0.39, 0.29) is 17.3 Å². The first-order chi connectivity index (χ1) is 16.8. The highest BCUT2D eigenvalue weighted by Gasteiger charge is 2.46. The molecule has 1 spiro atoms. The standard InChI is InChI=1S/C26H25F3N4O2/c27-26(28,29)20-6-7-23(31-16-20)35-22-5-1-3-18(13-22)19-14-25(15-19)8-11-33(12-9-25)24(34)32-21-4-2-10-30-17-21/h1-7,10,13,16-17,19H,8-9,11-12,14-15H2,(H,32,34). The van der Waals surface area contributed by atoms with Gasteiger partial charge in [-0.1, -0.05) is 12.1 Å². The summed E-state index contributed by atoms with van der Waals surface area (Å²) in [6.45, 7) is 1.45. The highest BCUT2D eigenvalue weighted by Crippen LogP contribution is 2.57. The quantitative estimate of drug-likeness (QED) is 0.462. The van der Waals surface area contributed by atoms with Crippen molar-refractivity contribution < 1.29 is 22.7 Å². The van der Waals surface area contributed by atoms with E-state index in [1.165, 1.54) is 6.07 Å². The maximum Gasteiger partial charge on any atom is 0.417 e. The van der Waals surface area contributed by atoms with E-state index in [9.17, 15) is 18.0 Å². The Morgan fingerprint density at radius 2 is 1.86 bits per heavy atom. The topological polar surface area (TPSA) is 67.4 Å². The Hall–Kier alpha value is -3.62. The van der Waals surface area contributed by atoms with Crippen LogP contribution in [0.3, 0.4) is 0 Å². The number of halogens is 3. The van der Waals surface area contributed by atoms with Gasteiger partial charge in [-0.15, -0.1) is 0 Å². The van der Waals surface area contributed by atoms with Gasteiger partial charge in [-0.2, -0.15) is 13.2 Å². The molecule has 2 aliphatic rings. The SMILES string of the molecule is O=C(Nc1cccnc1)N1CCC2(CC1)CC(c1cccc(Oc3ccc(C(F)(F)F)cn3)c1)C2. The molecular formula is C26H25F3N4O2. The molecule has 0 bridgehead atoms. The second-order valence-electron chi connectivity index (χ2n) is 9.32. The van der Waals surface area contributed by atoms with Gasteiger partial charge in [-0.05, 0) is 72.9 Å². The van der Waals surface area contributed by atoms with Gasteiger partial charge >= 0.3 is 12.2 Å². The lowest BCUT2D eigenvalue weighted by atomic mass is 9.56. The van der Waals surface area contributed by atoms with Crippen molar-refractivity contribution in [2.24, 2.45) is 5.41 Å². The average molecular weight is 483 g/mol. The molecule has 35 heavy (non-hydrogen) atoms. The monoisotopic (exact) mass is 482 g/mol. The van der Waals surface area contributed by atoms with Gasteiger partial charge in [-0.3, -0.25) is 4.98 Å². The van der Waals surface area contributed by atoms with Gasteiger partial charge in [0, 0.05) is 31.5 Å². The van der Waals surface area contributed by atoms with Crippen molar-refractivity contribution in [3.63, 3.8) is 0 Å². The van der Waals surface area contributed by atoms with E-state index in [2.05, 4.69) is 21.4 Å². The molecule has 1 saturated heterocycles. The second kappa shape index (κ2) is 9.20. The largest absolute Gasteiger partial charge is 0.439 e. The fraction of sp³-hybridized carbons (Fsp3) is 0.346. The number of urea groups is 1. The summed E-state index contributed by atoms with van der Waals surface area (Å²) in [5.41, 5.74) is 1.28. The van der Waals surface area contributed by atoms with Crippen LogP contribution in [0.5, 0.6) is 11.6 Å². The Balaban J connectivity index is 1.14. The summed E-state index contributed by atoms with van der Waals surface area (Å²) < 4.78 is 43.9. The minimum Gasteiger partial charge on any atom is -0.439 e. The van der Waals surface area contributed by atoms with Crippen molar-refractivity contribution in [1.82, 2.24) is 14.9 Å². The first-order valence-corrected chi connectivity index (χ1v) is 11.6. The van der Waals surface area contributed by atoms with Crippen LogP contribution in [-0.4, -0.2) is 34.0 Å². The molecule has 182 valence electrons. The normalized spacial score (nSPS) is 17.6. The fourth-order valence-corrected chi connectivity index (χ4v) is 5.01. The smallest absolute Gasteiger partial charge is 0.417 e. The minimum atomic E-state index is -4.43. The maximum absolute atomic E-state index is 12.7. The van der Waals surface area contributed by atoms with Gasteiger partial charge in [0.05, 0.1) is 17.4 Å². The van der Waals surface area contributed by atoms with E-state index < -0.39 is 11.7 Å². The zero-order chi connectivity index (χ0) is 24.5. The number of nitrogens with one attached hydrogen (secondary N) is 1. The number of hydrogen-bond donors (Lipinski definition) is 1. The van der Waals surface area contributed by atoms with Crippen LogP contribution < -0.4 is 10.1 Å². The minimum absolute atomic E-state index is 0.0922. The number of carbonyl (C=O) groups excluding carboxylic acids is 1. The lowest BCUT2D eigenvalue weighted by Gasteiger charge is -2.52. The van der Waals surface area contributed by atoms with Crippen molar-refractivity contribution in [1.29, 1.82) is 0 Å². The molecule has 6 nitrogen and oxygen atoms in total. The van der Waals surface area contributed by atoms with Crippen molar-refractivity contribution in [3.05, 3.63) is 78.2 Å². The van der Waals surface area contributed by atoms with E-state index in [1.807, 2.05) is 23.1 Å². The van der Waals surface area contributed by atoms with Gasteiger partial charge in [-0.25, -0.2) is 9.78 Å². The molecule has 1 saturated carbocycles. The third kappa shape index (κ3) is 5.23. The number of carbonyl (C=O) groups is 1. The number of alkyl halides is 3. The molecular weight excluding hydrogens is 457 g/mol. The van der Waals surface area contributed by atoms with Gasteiger partial charge in [0.25, 0.3) is 0 Å². The number of benzene rings is 1. The Bertz CT molecular complexity index is 1170. The molecule has 2 aromatic heterocycles. The third-order valence-corrected chi connectivity index (χ3v) is 7.00. The van der Waals surface area contributed by atoms with Crippen molar-refractivity contribution in [2.75, 3.05) is 18.4 Å².